The minimum Gasteiger partial charge on any atom is -0.383 e. The van der Waals surface area contributed by atoms with Crippen LogP contribution in [0.2, 0.25) is 0 Å². The van der Waals surface area contributed by atoms with Crippen LogP contribution < -0.4 is 5.32 Å². The molecule has 4 nitrogen and oxygen atoms in total. The zero-order chi connectivity index (χ0) is 13.3. The molecular weight excluding hydrogens is 238 g/mol. The van der Waals surface area contributed by atoms with Crippen molar-refractivity contribution in [3.8, 4) is 0 Å². The van der Waals surface area contributed by atoms with E-state index in [0.29, 0.717) is 0 Å². The Morgan fingerprint density at radius 1 is 1.05 bits per heavy atom. The average molecular weight is 269 g/mol. The minimum atomic E-state index is 0.820. The molecule has 1 heterocycles. The van der Waals surface area contributed by atoms with Crippen LogP contribution in [-0.4, -0.2) is 75.4 Å². The average Bonchev–Trinajstić information content (AvgIpc) is 2.97. The molecule has 2 rings (SSSR count). The summed E-state index contributed by atoms with van der Waals surface area (Å²) in [7, 11) is 1.76. The van der Waals surface area contributed by atoms with Crippen LogP contribution in [0, 0.1) is 0 Å². The standard InChI is InChI=1S/C15H31N3O/c1-19-14-8-16-7-4-9-17-10-12-18(13-11-17)15-5-2-3-6-15/h15-16H,2-14H2,1H3. The van der Waals surface area contributed by atoms with Gasteiger partial charge in [0, 0.05) is 45.9 Å². The number of nitrogens with one attached hydrogen (secondary N) is 1. The third kappa shape index (κ3) is 5.38. The van der Waals surface area contributed by atoms with Crippen molar-refractivity contribution in [1.29, 1.82) is 0 Å². The van der Waals surface area contributed by atoms with E-state index in [1.54, 1.807) is 7.11 Å². The van der Waals surface area contributed by atoms with Gasteiger partial charge in [0.15, 0.2) is 0 Å². The maximum Gasteiger partial charge on any atom is 0.0587 e. The topological polar surface area (TPSA) is 27.7 Å². The van der Waals surface area contributed by atoms with E-state index >= 15 is 0 Å². The Kier molecular flexibility index (Phi) is 7.14. The van der Waals surface area contributed by atoms with Gasteiger partial charge >= 0.3 is 0 Å². The van der Waals surface area contributed by atoms with E-state index in [0.717, 1.165) is 25.7 Å². The van der Waals surface area contributed by atoms with Crippen LogP contribution in [0.3, 0.4) is 0 Å². The van der Waals surface area contributed by atoms with E-state index in [1.165, 1.54) is 64.8 Å². The van der Waals surface area contributed by atoms with E-state index in [2.05, 4.69) is 15.1 Å². The van der Waals surface area contributed by atoms with Gasteiger partial charge in [0.25, 0.3) is 0 Å². The highest BCUT2D eigenvalue weighted by Crippen LogP contribution is 2.24. The summed E-state index contributed by atoms with van der Waals surface area (Å²) in [4.78, 5) is 5.36. The molecule has 1 saturated carbocycles. The van der Waals surface area contributed by atoms with Crippen molar-refractivity contribution in [2.45, 2.75) is 38.1 Å². The maximum absolute atomic E-state index is 5.02. The number of methoxy groups -OCH3 is 1. The van der Waals surface area contributed by atoms with E-state index in [4.69, 9.17) is 4.74 Å². The third-order valence-corrected chi connectivity index (χ3v) is 4.56. The Labute approximate surface area is 118 Å². The van der Waals surface area contributed by atoms with Gasteiger partial charge in [-0.05, 0) is 32.4 Å². The van der Waals surface area contributed by atoms with E-state index < -0.39 is 0 Å². The zero-order valence-electron chi connectivity index (χ0n) is 12.6. The monoisotopic (exact) mass is 269 g/mol. The highest BCUT2D eigenvalue weighted by atomic mass is 16.5. The van der Waals surface area contributed by atoms with Crippen LogP contribution >= 0.6 is 0 Å². The fourth-order valence-electron chi connectivity index (χ4n) is 3.35. The lowest BCUT2D eigenvalue weighted by Crippen LogP contribution is -2.50. The number of piperazine rings is 1. The van der Waals surface area contributed by atoms with Crippen LogP contribution in [0.15, 0.2) is 0 Å². The molecule has 1 aliphatic heterocycles. The first-order valence-electron chi connectivity index (χ1n) is 8.06. The van der Waals surface area contributed by atoms with Gasteiger partial charge in [-0.3, -0.25) is 4.90 Å². The summed E-state index contributed by atoms with van der Waals surface area (Å²) < 4.78 is 5.02. The van der Waals surface area contributed by atoms with Crippen LogP contribution in [0.1, 0.15) is 32.1 Å². The molecule has 2 fully saturated rings. The lowest BCUT2D eigenvalue weighted by atomic mass is 10.2. The Morgan fingerprint density at radius 2 is 1.79 bits per heavy atom. The first-order chi connectivity index (χ1) is 9.40. The molecular formula is C15H31N3O. The molecule has 1 aliphatic carbocycles. The van der Waals surface area contributed by atoms with Crippen molar-refractivity contribution in [3.05, 3.63) is 0 Å². The fourth-order valence-corrected chi connectivity index (χ4v) is 3.35. The predicted molar refractivity (Wildman–Crippen MR) is 79.6 cm³/mol. The third-order valence-electron chi connectivity index (χ3n) is 4.56. The molecule has 0 aromatic carbocycles. The summed E-state index contributed by atoms with van der Waals surface area (Å²) >= 11 is 0. The summed E-state index contributed by atoms with van der Waals surface area (Å²) in [5.41, 5.74) is 0. The second-order valence-electron chi connectivity index (χ2n) is 5.91. The van der Waals surface area contributed by atoms with Gasteiger partial charge in [-0.2, -0.15) is 0 Å². The molecule has 1 N–H and O–H groups in total. The summed E-state index contributed by atoms with van der Waals surface area (Å²) in [6, 6.07) is 0.915. The van der Waals surface area contributed by atoms with Crippen molar-refractivity contribution in [2.24, 2.45) is 0 Å². The van der Waals surface area contributed by atoms with Gasteiger partial charge in [-0.1, -0.05) is 12.8 Å². The molecule has 0 bridgehead atoms. The molecule has 0 amide bonds. The molecule has 0 unspecified atom stereocenters. The normalized spacial score (nSPS) is 23.2. The van der Waals surface area contributed by atoms with Crippen LogP contribution in [0.4, 0.5) is 0 Å². The van der Waals surface area contributed by atoms with Gasteiger partial charge < -0.3 is 15.0 Å². The fraction of sp³-hybridized carbons (Fsp3) is 1.00. The van der Waals surface area contributed by atoms with E-state index in [-0.39, 0.29) is 0 Å². The quantitative estimate of drug-likeness (QED) is 0.670. The first kappa shape index (κ1) is 15.2. The van der Waals surface area contributed by atoms with Gasteiger partial charge in [0.05, 0.1) is 6.61 Å². The predicted octanol–water partition coefficient (Wildman–Crippen LogP) is 1.17. The highest BCUT2D eigenvalue weighted by Gasteiger charge is 2.25. The van der Waals surface area contributed by atoms with Crippen molar-refractivity contribution in [3.63, 3.8) is 0 Å². The van der Waals surface area contributed by atoms with Gasteiger partial charge in [0.1, 0.15) is 0 Å². The number of hydrogen-bond donors (Lipinski definition) is 1. The summed E-state index contributed by atoms with van der Waals surface area (Å²) in [5.74, 6) is 0. The van der Waals surface area contributed by atoms with Crippen molar-refractivity contribution in [2.75, 3.05) is 59.5 Å². The van der Waals surface area contributed by atoms with Crippen LogP contribution in [0.25, 0.3) is 0 Å². The summed E-state index contributed by atoms with van der Waals surface area (Å²) in [6.07, 6.45) is 7.07. The first-order valence-corrected chi connectivity index (χ1v) is 8.06. The Morgan fingerprint density at radius 3 is 2.47 bits per heavy atom. The molecule has 0 atom stereocenters. The van der Waals surface area contributed by atoms with Crippen molar-refractivity contribution < 1.29 is 4.74 Å². The SMILES string of the molecule is COCCNCCCN1CCN(C2CCCC2)CC1. The highest BCUT2D eigenvalue weighted by molar-refractivity contribution is 4.81. The number of nitrogens with zero attached hydrogens (tertiary/aromatic N) is 2. The molecule has 1 saturated heterocycles. The second kappa shape index (κ2) is 8.90. The van der Waals surface area contributed by atoms with Crippen LogP contribution in [-0.2, 0) is 4.74 Å². The lowest BCUT2D eigenvalue weighted by Gasteiger charge is -2.38. The zero-order valence-corrected chi connectivity index (χ0v) is 12.6. The molecule has 19 heavy (non-hydrogen) atoms. The Balaban J connectivity index is 1.49. The molecule has 112 valence electrons. The van der Waals surface area contributed by atoms with Gasteiger partial charge in [-0.15, -0.1) is 0 Å². The Hall–Kier alpha value is -0.160. The molecule has 0 radical (unpaired) electrons. The number of hydrogen-bond acceptors (Lipinski definition) is 4. The van der Waals surface area contributed by atoms with Gasteiger partial charge in [-0.25, -0.2) is 0 Å². The second-order valence-corrected chi connectivity index (χ2v) is 5.91. The maximum atomic E-state index is 5.02. The number of ether oxygens (including phenoxy) is 1. The molecule has 0 spiro atoms. The van der Waals surface area contributed by atoms with Crippen molar-refractivity contribution >= 4 is 0 Å². The van der Waals surface area contributed by atoms with E-state index in [1.807, 2.05) is 0 Å². The molecule has 0 aromatic heterocycles. The lowest BCUT2D eigenvalue weighted by molar-refractivity contribution is 0.0971. The molecule has 4 heteroatoms. The summed E-state index contributed by atoms with van der Waals surface area (Å²) in [5, 5.41) is 3.42. The summed E-state index contributed by atoms with van der Waals surface area (Å²) in [6.45, 7) is 9.30. The largest absolute Gasteiger partial charge is 0.383 e. The Bertz CT molecular complexity index is 223. The van der Waals surface area contributed by atoms with Crippen LogP contribution in [0.5, 0.6) is 0 Å². The van der Waals surface area contributed by atoms with Crippen molar-refractivity contribution in [1.82, 2.24) is 15.1 Å². The number of rotatable bonds is 8. The molecule has 0 aromatic rings. The minimum absolute atomic E-state index is 0.820. The molecule has 2 aliphatic rings. The van der Waals surface area contributed by atoms with E-state index in [9.17, 15) is 0 Å². The smallest absolute Gasteiger partial charge is 0.0587 e. The van der Waals surface area contributed by atoms with Gasteiger partial charge in [0.2, 0.25) is 0 Å².